The number of carbonyl (C=O) groups excluding carboxylic acids is 2. The van der Waals surface area contributed by atoms with Gasteiger partial charge in [0.15, 0.2) is 0 Å². The van der Waals surface area contributed by atoms with E-state index in [0.29, 0.717) is 32.5 Å². The number of hydrogen-bond acceptors (Lipinski definition) is 3. The Morgan fingerprint density at radius 2 is 1.91 bits per heavy atom. The predicted molar refractivity (Wildman–Crippen MR) is 88.6 cm³/mol. The van der Waals surface area contributed by atoms with Crippen molar-refractivity contribution in [2.75, 3.05) is 13.1 Å². The van der Waals surface area contributed by atoms with E-state index in [-0.39, 0.29) is 17.9 Å². The first-order valence-corrected chi connectivity index (χ1v) is 8.60. The second-order valence-corrected chi connectivity index (χ2v) is 6.42. The maximum absolute atomic E-state index is 12.3. The van der Waals surface area contributed by atoms with Crippen molar-refractivity contribution in [1.29, 1.82) is 0 Å². The van der Waals surface area contributed by atoms with Gasteiger partial charge in [-0.15, -0.1) is 0 Å². The van der Waals surface area contributed by atoms with Crippen molar-refractivity contribution in [2.45, 2.75) is 51.2 Å². The van der Waals surface area contributed by atoms with Gasteiger partial charge in [-0.1, -0.05) is 30.7 Å². The molecule has 1 fully saturated rings. The molecular formula is C18H25N3O2. The smallest absolute Gasteiger partial charge is 0.237 e. The van der Waals surface area contributed by atoms with E-state index in [4.69, 9.17) is 0 Å². The fourth-order valence-corrected chi connectivity index (χ4v) is 3.32. The van der Waals surface area contributed by atoms with Crippen LogP contribution in [0.25, 0.3) is 0 Å². The molecule has 2 N–H and O–H groups in total. The molecule has 2 aliphatic rings. The summed E-state index contributed by atoms with van der Waals surface area (Å²) in [5.74, 6) is 0.247. The zero-order chi connectivity index (χ0) is 16.1. The lowest BCUT2D eigenvalue weighted by atomic mass is 10.0. The van der Waals surface area contributed by atoms with Crippen LogP contribution in [0.1, 0.15) is 43.2 Å². The van der Waals surface area contributed by atoms with Crippen LogP contribution in [0.5, 0.6) is 0 Å². The normalized spacial score (nSPS) is 20.2. The molecule has 1 aromatic rings. The number of carbonyl (C=O) groups is 2. The summed E-state index contributed by atoms with van der Waals surface area (Å²) in [5.41, 5.74) is 2.50. The van der Waals surface area contributed by atoms with Crippen LogP contribution >= 0.6 is 0 Å². The molecule has 3 rings (SSSR count). The first-order valence-electron chi connectivity index (χ1n) is 8.60. The fraction of sp³-hybridized carbons (Fsp3) is 0.556. The molecule has 0 bridgehead atoms. The largest absolute Gasteiger partial charge is 0.355 e. The van der Waals surface area contributed by atoms with Gasteiger partial charge in [0.05, 0.1) is 6.04 Å². The van der Waals surface area contributed by atoms with Crippen molar-refractivity contribution in [2.24, 2.45) is 0 Å². The molecule has 23 heavy (non-hydrogen) atoms. The fourth-order valence-electron chi connectivity index (χ4n) is 3.32. The minimum Gasteiger partial charge on any atom is -0.355 e. The minimum atomic E-state index is -0.0486. The van der Waals surface area contributed by atoms with Crippen LogP contribution in [-0.2, 0) is 22.7 Å². The minimum absolute atomic E-state index is 0.0486. The molecule has 1 saturated heterocycles. The van der Waals surface area contributed by atoms with Gasteiger partial charge in [-0.25, -0.2) is 0 Å². The third kappa shape index (κ3) is 4.10. The van der Waals surface area contributed by atoms with Gasteiger partial charge in [-0.2, -0.15) is 0 Å². The summed E-state index contributed by atoms with van der Waals surface area (Å²) in [5, 5.41) is 6.18. The molecule has 5 heteroatoms. The van der Waals surface area contributed by atoms with E-state index in [1.54, 1.807) is 0 Å². The summed E-state index contributed by atoms with van der Waals surface area (Å²) >= 11 is 0. The molecule has 0 aliphatic carbocycles. The van der Waals surface area contributed by atoms with E-state index in [1.165, 1.54) is 11.1 Å². The first-order chi connectivity index (χ1) is 11.2. The van der Waals surface area contributed by atoms with Crippen LogP contribution in [0.2, 0.25) is 0 Å². The summed E-state index contributed by atoms with van der Waals surface area (Å²) in [6.45, 7) is 2.93. The highest BCUT2D eigenvalue weighted by molar-refractivity contribution is 5.82. The van der Waals surface area contributed by atoms with Crippen molar-refractivity contribution >= 4 is 11.8 Å². The van der Waals surface area contributed by atoms with Gasteiger partial charge in [0.1, 0.15) is 0 Å². The third-order valence-corrected chi connectivity index (χ3v) is 4.69. The van der Waals surface area contributed by atoms with Gasteiger partial charge in [0.25, 0.3) is 0 Å². The third-order valence-electron chi connectivity index (χ3n) is 4.69. The highest BCUT2D eigenvalue weighted by Gasteiger charge is 2.23. The Hall–Kier alpha value is -1.88. The Kier molecular flexibility index (Phi) is 5.28. The SMILES string of the molecule is O=C(NCCCC(=O)N1Cc2ccccc2C1)C1CCCCN1. The standard InChI is InChI=1S/C18H25N3O2/c22-17(21-12-14-6-1-2-7-15(14)13-21)9-5-11-20-18(23)16-8-3-4-10-19-16/h1-2,6-7,16,19H,3-5,8-13H2,(H,20,23). The van der Waals surface area contributed by atoms with Gasteiger partial charge < -0.3 is 15.5 Å². The predicted octanol–water partition coefficient (Wildman–Crippen LogP) is 1.57. The van der Waals surface area contributed by atoms with Gasteiger partial charge >= 0.3 is 0 Å². The molecule has 2 aliphatic heterocycles. The topological polar surface area (TPSA) is 61.4 Å². The molecular weight excluding hydrogens is 290 g/mol. The lowest BCUT2D eigenvalue weighted by molar-refractivity contribution is -0.132. The zero-order valence-electron chi connectivity index (χ0n) is 13.5. The molecule has 0 radical (unpaired) electrons. The van der Waals surface area contributed by atoms with E-state index in [0.717, 1.165) is 25.8 Å². The second kappa shape index (κ2) is 7.59. The number of amides is 2. The van der Waals surface area contributed by atoms with Crippen LogP contribution in [0.3, 0.4) is 0 Å². The Morgan fingerprint density at radius 3 is 2.57 bits per heavy atom. The van der Waals surface area contributed by atoms with Crippen LogP contribution < -0.4 is 10.6 Å². The number of rotatable bonds is 5. The van der Waals surface area contributed by atoms with Crippen LogP contribution in [0, 0.1) is 0 Å². The Morgan fingerprint density at radius 1 is 1.17 bits per heavy atom. The molecule has 2 amide bonds. The van der Waals surface area contributed by atoms with Crippen molar-refractivity contribution < 1.29 is 9.59 Å². The van der Waals surface area contributed by atoms with Crippen molar-refractivity contribution in [1.82, 2.24) is 15.5 Å². The summed E-state index contributed by atoms with van der Waals surface area (Å²) in [6, 6.07) is 8.15. The molecule has 0 spiro atoms. The second-order valence-electron chi connectivity index (χ2n) is 6.42. The van der Waals surface area contributed by atoms with Gasteiger partial charge in [-0.3, -0.25) is 9.59 Å². The Balaban J connectivity index is 1.35. The molecule has 5 nitrogen and oxygen atoms in total. The summed E-state index contributed by atoms with van der Waals surface area (Å²) < 4.78 is 0. The molecule has 0 aromatic heterocycles. The van der Waals surface area contributed by atoms with E-state index in [1.807, 2.05) is 17.0 Å². The summed E-state index contributed by atoms with van der Waals surface area (Å²) in [4.78, 5) is 26.1. The molecule has 1 unspecified atom stereocenters. The molecule has 1 atom stereocenters. The van der Waals surface area contributed by atoms with Crippen molar-refractivity contribution in [3.63, 3.8) is 0 Å². The summed E-state index contributed by atoms with van der Waals surface area (Å²) in [6.07, 6.45) is 4.36. The number of benzene rings is 1. The number of nitrogens with zero attached hydrogens (tertiary/aromatic N) is 1. The summed E-state index contributed by atoms with van der Waals surface area (Å²) in [7, 11) is 0. The maximum Gasteiger partial charge on any atom is 0.237 e. The average Bonchev–Trinajstić information content (AvgIpc) is 3.03. The van der Waals surface area contributed by atoms with Gasteiger partial charge in [0.2, 0.25) is 11.8 Å². The van der Waals surface area contributed by atoms with E-state index in [9.17, 15) is 9.59 Å². The van der Waals surface area contributed by atoms with E-state index >= 15 is 0 Å². The maximum atomic E-state index is 12.3. The van der Waals surface area contributed by atoms with Crippen molar-refractivity contribution in [3.8, 4) is 0 Å². The number of hydrogen-bond donors (Lipinski definition) is 2. The lowest BCUT2D eigenvalue weighted by Crippen LogP contribution is -2.46. The molecule has 2 heterocycles. The lowest BCUT2D eigenvalue weighted by Gasteiger charge is -2.22. The molecule has 124 valence electrons. The molecule has 0 saturated carbocycles. The van der Waals surface area contributed by atoms with E-state index in [2.05, 4.69) is 22.8 Å². The zero-order valence-corrected chi connectivity index (χ0v) is 13.5. The van der Waals surface area contributed by atoms with Crippen LogP contribution in [0.15, 0.2) is 24.3 Å². The quantitative estimate of drug-likeness (QED) is 0.811. The van der Waals surface area contributed by atoms with Crippen LogP contribution in [0.4, 0.5) is 0 Å². The average molecular weight is 315 g/mol. The van der Waals surface area contributed by atoms with Crippen LogP contribution in [-0.4, -0.2) is 35.8 Å². The highest BCUT2D eigenvalue weighted by Crippen LogP contribution is 2.22. The van der Waals surface area contributed by atoms with Crippen molar-refractivity contribution in [3.05, 3.63) is 35.4 Å². The first kappa shape index (κ1) is 16.0. The molecule has 1 aromatic carbocycles. The van der Waals surface area contributed by atoms with E-state index < -0.39 is 0 Å². The monoisotopic (exact) mass is 315 g/mol. The van der Waals surface area contributed by atoms with Gasteiger partial charge in [0, 0.05) is 26.1 Å². The number of piperidine rings is 1. The Labute approximate surface area is 137 Å². The highest BCUT2D eigenvalue weighted by atomic mass is 16.2. The van der Waals surface area contributed by atoms with Gasteiger partial charge in [-0.05, 0) is 36.9 Å². The number of nitrogens with one attached hydrogen (secondary N) is 2. The number of fused-ring (bicyclic) bond motifs is 1. The Bertz CT molecular complexity index is 542.